The van der Waals surface area contributed by atoms with E-state index in [1.807, 2.05) is 31.3 Å². The molecule has 96 valence electrons. The monoisotopic (exact) mass is 309 g/mol. The number of ether oxygens (including phenoxy) is 1. The number of anilines is 1. The van der Waals surface area contributed by atoms with E-state index in [0.29, 0.717) is 6.61 Å². The van der Waals surface area contributed by atoms with Gasteiger partial charge in [0.05, 0.1) is 17.0 Å². The van der Waals surface area contributed by atoms with Gasteiger partial charge in [0.1, 0.15) is 12.1 Å². The summed E-state index contributed by atoms with van der Waals surface area (Å²) >= 11 is 3.59. The van der Waals surface area contributed by atoms with Gasteiger partial charge in [-0.15, -0.1) is 0 Å². The summed E-state index contributed by atoms with van der Waals surface area (Å²) in [6.45, 7) is 1.50. The summed E-state index contributed by atoms with van der Waals surface area (Å²) in [4.78, 5) is 11.0. The Kier molecular flexibility index (Phi) is 4.49. The van der Waals surface area contributed by atoms with Gasteiger partial charge in [-0.1, -0.05) is 28.1 Å². The van der Waals surface area contributed by atoms with Crippen LogP contribution in [-0.2, 0) is 4.74 Å². The van der Waals surface area contributed by atoms with Gasteiger partial charge in [0, 0.05) is 26.1 Å². The van der Waals surface area contributed by atoms with Crippen molar-refractivity contribution in [3.8, 4) is 0 Å². The first-order valence-electron chi connectivity index (χ1n) is 5.76. The fraction of sp³-hybridized carbons (Fsp3) is 0.385. The first-order valence-corrected chi connectivity index (χ1v) is 6.68. The van der Waals surface area contributed by atoms with Crippen LogP contribution in [-0.4, -0.2) is 42.1 Å². The zero-order valence-corrected chi connectivity index (χ0v) is 12.1. The predicted octanol–water partition coefficient (Wildman–Crippen LogP) is 2.48. The third-order valence-corrected chi connectivity index (χ3v) is 3.26. The average molecular weight is 310 g/mol. The molecule has 1 atom stereocenters. The molecule has 2 aromatic rings. The van der Waals surface area contributed by atoms with Gasteiger partial charge in [-0.05, 0) is 12.1 Å². The lowest BCUT2D eigenvalue weighted by atomic mass is 10.2. The number of benzene rings is 1. The van der Waals surface area contributed by atoms with Gasteiger partial charge in [-0.2, -0.15) is 0 Å². The summed E-state index contributed by atoms with van der Waals surface area (Å²) in [6, 6.07) is 8.02. The van der Waals surface area contributed by atoms with E-state index in [9.17, 15) is 0 Å². The maximum Gasteiger partial charge on any atom is 0.139 e. The molecule has 0 radical (unpaired) electrons. The van der Waals surface area contributed by atoms with Crippen LogP contribution < -0.4 is 4.90 Å². The van der Waals surface area contributed by atoms with Gasteiger partial charge in [0.25, 0.3) is 0 Å². The van der Waals surface area contributed by atoms with Crippen molar-refractivity contribution in [2.45, 2.75) is 4.83 Å². The zero-order valence-electron chi connectivity index (χ0n) is 10.5. The molecule has 0 amide bonds. The summed E-state index contributed by atoms with van der Waals surface area (Å²) < 4.78 is 5.12. The van der Waals surface area contributed by atoms with Gasteiger partial charge < -0.3 is 9.64 Å². The molecule has 1 aromatic heterocycles. The van der Waals surface area contributed by atoms with E-state index in [1.54, 1.807) is 13.4 Å². The van der Waals surface area contributed by atoms with Gasteiger partial charge in [0.2, 0.25) is 0 Å². The second-order valence-electron chi connectivity index (χ2n) is 4.15. The lowest BCUT2D eigenvalue weighted by molar-refractivity contribution is 0.201. The fourth-order valence-corrected chi connectivity index (χ4v) is 2.61. The molecule has 4 nitrogen and oxygen atoms in total. The van der Waals surface area contributed by atoms with Crippen LogP contribution in [0.3, 0.4) is 0 Å². The fourth-order valence-electron chi connectivity index (χ4n) is 1.91. The summed E-state index contributed by atoms with van der Waals surface area (Å²) in [5, 5.41) is 1.07. The molecule has 5 heteroatoms. The minimum absolute atomic E-state index is 0.279. The SMILES string of the molecule is COCC(Br)CN(C)c1ncnc2ccccc12. The van der Waals surface area contributed by atoms with Crippen molar-refractivity contribution in [3.05, 3.63) is 30.6 Å². The molecule has 0 aliphatic heterocycles. The highest BCUT2D eigenvalue weighted by atomic mass is 79.9. The van der Waals surface area contributed by atoms with E-state index in [2.05, 4.69) is 30.8 Å². The molecule has 0 N–H and O–H groups in total. The Bertz CT molecular complexity index is 515. The summed E-state index contributed by atoms with van der Waals surface area (Å²) in [7, 11) is 3.73. The molecule has 18 heavy (non-hydrogen) atoms. The van der Waals surface area contributed by atoms with E-state index in [4.69, 9.17) is 4.74 Å². The molecule has 1 unspecified atom stereocenters. The van der Waals surface area contributed by atoms with E-state index in [-0.39, 0.29) is 4.83 Å². The lowest BCUT2D eigenvalue weighted by Gasteiger charge is -2.22. The zero-order chi connectivity index (χ0) is 13.0. The molecule has 0 spiro atoms. The van der Waals surface area contributed by atoms with Gasteiger partial charge in [-0.25, -0.2) is 9.97 Å². The molecule has 1 aromatic carbocycles. The van der Waals surface area contributed by atoms with Crippen LogP contribution in [0.25, 0.3) is 10.9 Å². The van der Waals surface area contributed by atoms with Crippen molar-refractivity contribution in [2.24, 2.45) is 0 Å². The molecule has 0 aliphatic rings. The number of aromatic nitrogens is 2. The third-order valence-electron chi connectivity index (χ3n) is 2.70. The van der Waals surface area contributed by atoms with Crippen LogP contribution in [0.15, 0.2) is 30.6 Å². The second-order valence-corrected chi connectivity index (χ2v) is 5.44. The number of fused-ring (bicyclic) bond motifs is 1. The molecule has 0 aliphatic carbocycles. The number of hydrogen-bond acceptors (Lipinski definition) is 4. The van der Waals surface area contributed by atoms with Crippen molar-refractivity contribution in [2.75, 3.05) is 32.2 Å². The first-order chi connectivity index (χ1) is 8.72. The Morgan fingerprint density at radius 1 is 1.33 bits per heavy atom. The Hall–Kier alpha value is -1.20. The van der Waals surface area contributed by atoms with Crippen molar-refractivity contribution < 1.29 is 4.74 Å². The minimum atomic E-state index is 0.279. The van der Waals surface area contributed by atoms with Gasteiger partial charge in [-0.3, -0.25) is 0 Å². The van der Waals surface area contributed by atoms with E-state index < -0.39 is 0 Å². The van der Waals surface area contributed by atoms with Crippen LogP contribution in [0.1, 0.15) is 0 Å². The maximum absolute atomic E-state index is 5.12. The Morgan fingerprint density at radius 2 is 2.11 bits per heavy atom. The van der Waals surface area contributed by atoms with Crippen LogP contribution in [0.2, 0.25) is 0 Å². The smallest absolute Gasteiger partial charge is 0.139 e. The Balaban J connectivity index is 2.24. The highest BCUT2D eigenvalue weighted by molar-refractivity contribution is 9.09. The normalized spacial score (nSPS) is 12.6. The Morgan fingerprint density at radius 3 is 2.89 bits per heavy atom. The van der Waals surface area contributed by atoms with E-state index in [1.165, 1.54) is 0 Å². The van der Waals surface area contributed by atoms with Crippen molar-refractivity contribution in [1.29, 1.82) is 0 Å². The average Bonchev–Trinajstić information content (AvgIpc) is 2.38. The highest BCUT2D eigenvalue weighted by Gasteiger charge is 2.12. The third kappa shape index (κ3) is 2.97. The molecule has 2 rings (SSSR count). The minimum Gasteiger partial charge on any atom is -0.383 e. The molecule has 1 heterocycles. The molecular weight excluding hydrogens is 294 g/mol. The quantitative estimate of drug-likeness (QED) is 0.795. The second kappa shape index (κ2) is 6.11. The first kappa shape index (κ1) is 13.2. The molecule has 0 saturated heterocycles. The van der Waals surface area contributed by atoms with Crippen LogP contribution in [0, 0.1) is 0 Å². The van der Waals surface area contributed by atoms with Crippen molar-refractivity contribution in [3.63, 3.8) is 0 Å². The molecule has 0 bridgehead atoms. The topological polar surface area (TPSA) is 38.2 Å². The molecule has 0 fully saturated rings. The largest absolute Gasteiger partial charge is 0.383 e. The van der Waals surface area contributed by atoms with Crippen LogP contribution in [0.5, 0.6) is 0 Å². The number of methoxy groups -OCH3 is 1. The summed E-state index contributed by atoms with van der Waals surface area (Å²) in [5.74, 6) is 0.946. The summed E-state index contributed by atoms with van der Waals surface area (Å²) in [6.07, 6.45) is 1.60. The lowest BCUT2D eigenvalue weighted by Crippen LogP contribution is -2.29. The van der Waals surface area contributed by atoms with Crippen molar-refractivity contribution in [1.82, 2.24) is 9.97 Å². The summed E-state index contributed by atoms with van der Waals surface area (Å²) in [5.41, 5.74) is 0.965. The van der Waals surface area contributed by atoms with Crippen LogP contribution >= 0.6 is 15.9 Å². The number of alkyl halides is 1. The number of nitrogens with zero attached hydrogens (tertiary/aromatic N) is 3. The number of halogens is 1. The number of hydrogen-bond donors (Lipinski definition) is 0. The van der Waals surface area contributed by atoms with Gasteiger partial charge >= 0.3 is 0 Å². The van der Waals surface area contributed by atoms with E-state index >= 15 is 0 Å². The van der Waals surface area contributed by atoms with E-state index in [0.717, 1.165) is 23.3 Å². The Labute approximate surface area is 115 Å². The van der Waals surface area contributed by atoms with Crippen molar-refractivity contribution >= 4 is 32.7 Å². The predicted molar refractivity (Wildman–Crippen MR) is 77.4 cm³/mol. The molecular formula is C13H16BrN3O. The standard InChI is InChI=1S/C13H16BrN3O/c1-17(7-10(14)8-18-2)13-11-5-3-4-6-12(11)15-9-16-13/h3-6,9-10H,7-8H2,1-2H3. The van der Waals surface area contributed by atoms with Gasteiger partial charge in [0.15, 0.2) is 0 Å². The molecule has 0 saturated carbocycles. The maximum atomic E-state index is 5.12. The number of para-hydroxylation sites is 1. The van der Waals surface area contributed by atoms with Crippen LogP contribution in [0.4, 0.5) is 5.82 Å². The number of rotatable bonds is 5. The highest BCUT2D eigenvalue weighted by Crippen LogP contribution is 2.22.